The second-order valence-corrected chi connectivity index (χ2v) is 4.00. The first-order chi connectivity index (χ1) is 8.77. The van der Waals surface area contributed by atoms with Gasteiger partial charge in [-0.3, -0.25) is 9.78 Å². The Hall–Kier alpha value is -2.62. The van der Waals surface area contributed by atoms with Crippen molar-refractivity contribution in [3.63, 3.8) is 0 Å². The number of primary amides is 1. The number of amides is 1. The zero-order valence-corrected chi connectivity index (χ0v) is 9.58. The normalized spacial score (nSPS) is 10.7. The molecule has 0 aliphatic carbocycles. The minimum atomic E-state index is -0.412. The topological polar surface area (TPSA) is 60.9 Å². The zero-order chi connectivity index (χ0) is 12.5. The molecule has 2 N–H and O–H groups in total. The summed E-state index contributed by atoms with van der Waals surface area (Å²) < 4.78 is 1.98. The largest absolute Gasteiger partial charge is 0.366 e. The Balaban J connectivity index is 2.28. The molecule has 0 atom stereocenters. The number of pyridine rings is 1. The van der Waals surface area contributed by atoms with Crippen LogP contribution in [0, 0.1) is 0 Å². The molecule has 2 heterocycles. The summed E-state index contributed by atoms with van der Waals surface area (Å²) in [4.78, 5) is 15.5. The lowest BCUT2D eigenvalue weighted by Crippen LogP contribution is -2.11. The van der Waals surface area contributed by atoms with E-state index in [4.69, 9.17) is 5.73 Å². The molecule has 0 fully saturated rings. The summed E-state index contributed by atoms with van der Waals surface area (Å²) >= 11 is 0. The summed E-state index contributed by atoms with van der Waals surface area (Å²) in [7, 11) is 0. The fourth-order valence-corrected chi connectivity index (χ4v) is 2.10. The highest BCUT2D eigenvalue weighted by molar-refractivity contribution is 6.06. The molecule has 0 saturated heterocycles. The summed E-state index contributed by atoms with van der Waals surface area (Å²) in [6.45, 7) is 0. The summed E-state index contributed by atoms with van der Waals surface area (Å²) in [6.07, 6.45) is 5.41. The predicted molar refractivity (Wildman–Crippen MR) is 69.6 cm³/mol. The molecule has 0 aliphatic heterocycles. The SMILES string of the molecule is NC(=O)c1cccc2c1ccn2-c1cccnc1. The highest BCUT2D eigenvalue weighted by Gasteiger charge is 2.09. The van der Waals surface area contributed by atoms with E-state index in [0.29, 0.717) is 5.56 Å². The van der Waals surface area contributed by atoms with E-state index in [0.717, 1.165) is 16.6 Å². The number of carbonyl (C=O) groups is 1. The van der Waals surface area contributed by atoms with E-state index in [9.17, 15) is 4.79 Å². The minimum absolute atomic E-state index is 0.412. The van der Waals surface area contributed by atoms with Gasteiger partial charge in [0.1, 0.15) is 0 Å². The number of aromatic nitrogens is 2. The van der Waals surface area contributed by atoms with E-state index < -0.39 is 5.91 Å². The van der Waals surface area contributed by atoms with E-state index in [2.05, 4.69) is 4.98 Å². The quantitative estimate of drug-likeness (QED) is 0.742. The Morgan fingerprint density at radius 3 is 2.78 bits per heavy atom. The Morgan fingerprint density at radius 1 is 1.17 bits per heavy atom. The average molecular weight is 237 g/mol. The fraction of sp³-hybridized carbons (Fsp3) is 0. The van der Waals surface area contributed by atoms with Gasteiger partial charge in [-0.25, -0.2) is 0 Å². The molecular weight excluding hydrogens is 226 g/mol. The third-order valence-corrected chi connectivity index (χ3v) is 2.92. The van der Waals surface area contributed by atoms with Gasteiger partial charge in [-0.1, -0.05) is 6.07 Å². The third kappa shape index (κ3) is 1.55. The van der Waals surface area contributed by atoms with Crippen molar-refractivity contribution in [3.8, 4) is 5.69 Å². The van der Waals surface area contributed by atoms with Crippen molar-refractivity contribution in [2.75, 3.05) is 0 Å². The number of nitrogens with zero attached hydrogens (tertiary/aromatic N) is 2. The van der Waals surface area contributed by atoms with Crippen LogP contribution in [0.3, 0.4) is 0 Å². The van der Waals surface area contributed by atoms with Gasteiger partial charge < -0.3 is 10.3 Å². The van der Waals surface area contributed by atoms with Crippen LogP contribution in [0.15, 0.2) is 55.0 Å². The maximum atomic E-state index is 11.4. The number of hydrogen-bond acceptors (Lipinski definition) is 2. The van der Waals surface area contributed by atoms with Gasteiger partial charge in [0, 0.05) is 23.3 Å². The van der Waals surface area contributed by atoms with E-state index >= 15 is 0 Å². The second-order valence-electron chi connectivity index (χ2n) is 4.00. The summed E-state index contributed by atoms with van der Waals surface area (Å²) in [5.74, 6) is -0.412. The van der Waals surface area contributed by atoms with E-state index in [-0.39, 0.29) is 0 Å². The summed E-state index contributed by atoms with van der Waals surface area (Å²) in [5, 5.41) is 0.855. The smallest absolute Gasteiger partial charge is 0.249 e. The number of hydrogen-bond donors (Lipinski definition) is 1. The molecule has 1 aromatic carbocycles. The van der Waals surface area contributed by atoms with Crippen molar-refractivity contribution in [2.45, 2.75) is 0 Å². The molecule has 0 saturated carbocycles. The predicted octanol–water partition coefficient (Wildman–Crippen LogP) is 2.12. The van der Waals surface area contributed by atoms with Gasteiger partial charge in [0.05, 0.1) is 17.4 Å². The van der Waals surface area contributed by atoms with Crippen molar-refractivity contribution in [2.24, 2.45) is 5.73 Å². The molecule has 0 aliphatic rings. The molecule has 88 valence electrons. The van der Waals surface area contributed by atoms with E-state index in [1.165, 1.54) is 0 Å². The minimum Gasteiger partial charge on any atom is -0.366 e. The summed E-state index contributed by atoms with van der Waals surface area (Å²) in [5.41, 5.74) is 7.80. The van der Waals surface area contributed by atoms with Crippen molar-refractivity contribution in [3.05, 3.63) is 60.6 Å². The van der Waals surface area contributed by atoms with Crippen LogP contribution in [-0.2, 0) is 0 Å². The van der Waals surface area contributed by atoms with Crippen LogP contribution in [0.5, 0.6) is 0 Å². The highest BCUT2D eigenvalue weighted by atomic mass is 16.1. The lowest BCUT2D eigenvalue weighted by Gasteiger charge is -2.05. The van der Waals surface area contributed by atoms with Crippen LogP contribution in [0.2, 0.25) is 0 Å². The van der Waals surface area contributed by atoms with Crippen LogP contribution in [0.4, 0.5) is 0 Å². The zero-order valence-electron chi connectivity index (χ0n) is 9.58. The van der Waals surface area contributed by atoms with Gasteiger partial charge in [-0.15, -0.1) is 0 Å². The van der Waals surface area contributed by atoms with Crippen LogP contribution in [-0.4, -0.2) is 15.5 Å². The van der Waals surface area contributed by atoms with Gasteiger partial charge in [0.2, 0.25) is 5.91 Å². The Bertz CT molecular complexity index is 716. The monoisotopic (exact) mass is 237 g/mol. The lowest BCUT2D eigenvalue weighted by atomic mass is 10.1. The molecule has 4 nitrogen and oxygen atoms in total. The molecule has 4 heteroatoms. The number of benzene rings is 1. The van der Waals surface area contributed by atoms with Crippen molar-refractivity contribution >= 4 is 16.8 Å². The van der Waals surface area contributed by atoms with Gasteiger partial charge in [-0.05, 0) is 30.3 Å². The third-order valence-electron chi connectivity index (χ3n) is 2.92. The Morgan fingerprint density at radius 2 is 2.06 bits per heavy atom. The number of nitrogens with two attached hydrogens (primary N) is 1. The fourth-order valence-electron chi connectivity index (χ4n) is 2.10. The van der Waals surface area contributed by atoms with Crippen molar-refractivity contribution in [1.82, 2.24) is 9.55 Å². The van der Waals surface area contributed by atoms with Gasteiger partial charge >= 0.3 is 0 Å². The first-order valence-electron chi connectivity index (χ1n) is 5.57. The second kappa shape index (κ2) is 4.00. The first kappa shape index (κ1) is 10.5. The van der Waals surface area contributed by atoms with Crippen LogP contribution in [0.25, 0.3) is 16.6 Å². The maximum Gasteiger partial charge on any atom is 0.249 e. The van der Waals surface area contributed by atoms with Crippen LogP contribution in [0.1, 0.15) is 10.4 Å². The standard InChI is InChI=1S/C14H11N3O/c15-14(18)12-4-1-5-13-11(12)6-8-17(13)10-3-2-7-16-9-10/h1-9H,(H2,15,18). The number of fused-ring (bicyclic) bond motifs is 1. The van der Waals surface area contributed by atoms with Crippen molar-refractivity contribution in [1.29, 1.82) is 0 Å². The molecule has 18 heavy (non-hydrogen) atoms. The molecule has 3 aromatic rings. The van der Waals surface area contributed by atoms with E-state index in [1.54, 1.807) is 18.5 Å². The van der Waals surface area contributed by atoms with E-state index in [1.807, 2.05) is 41.1 Å². The molecule has 1 amide bonds. The van der Waals surface area contributed by atoms with Crippen LogP contribution < -0.4 is 5.73 Å². The number of carbonyl (C=O) groups excluding carboxylic acids is 1. The van der Waals surface area contributed by atoms with Gasteiger partial charge in [-0.2, -0.15) is 0 Å². The Kier molecular flexibility index (Phi) is 2.34. The average Bonchev–Trinajstić information content (AvgIpc) is 2.83. The Labute approximate surface area is 104 Å². The summed E-state index contributed by atoms with van der Waals surface area (Å²) in [6, 6.07) is 11.2. The molecule has 0 bridgehead atoms. The molecule has 0 spiro atoms. The molecule has 0 radical (unpaired) electrons. The van der Waals surface area contributed by atoms with Crippen LogP contribution >= 0.6 is 0 Å². The maximum absolute atomic E-state index is 11.4. The van der Waals surface area contributed by atoms with Gasteiger partial charge in [0.25, 0.3) is 0 Å². The molecule has 2 aromatic heterocycles. The molecule has 3 rings (SSSR count). The number of rotatable bonds is 2. The lowest BCUT2D eigenvalue weighted by molar-refractivity contribution is 0.100. The highest BCUT2D eigenvalue weighted by Crippen LogP contribution is 2.22. The molecule has 0 unspecified atom stereocenters. The first-order valence-corrected chi connectivity index (χ1v) is 5.57. The van der Waals surface area contributed by atoms with Crippen molar-refractivity contribution < 1.29 is 4.79 Å². The molecular formula is C14H11N3O. The van der Waals surface area contributed by atoms with Gasteiger partial charge in [0.15, 0.2) is 0 Å².